The largest absolute Gasteiger partial charge is 0.361 e. The van der Waals surface area contributed by atoms with Crippen molar-refractivity contribution in [2.75, 3.05) is 11.9 Å². The van der Waals surface area contributed by atoms with Crippen molar-refractivity contribution in [2.45, 2.75) is 39.4 Å². The van der Waals surface area contributed by atoms with Crippen LogP contribution in [0.5, 0.6) is 0 Å². The van der Waals surface area contributed by atoms with Crippen LogP contribution in [0.3, 0.4) is 0 Å². The maximum atomic E-state index is 14.5. The Kier molecular flexibility index (Phi) is 5.37. The maximum absolute atomic E-state index is 14.5. The van der Waals surface area contributed by atoms with E-state index in [0.29, 0.717) is 5.69 Å². The fraction of sp³-hybridized carbons (Fsp3) is 0.412. The Labute approximate surface area is 130 Å². The number of para-hydroxylation sites is 1. The highest BCUT2D eigenvalue weighted by Gasteiger charge is 2.21. The van der Waals surface area contributed by atoms with Crippen molar-refractivity contribution in [3.8, 4) is 0 Å². The lowest BCUT2D eigenvalue weighted by atomic mass is 10.0. The summed E-state index contributed by atoms with van der Waals surface area (Å²) in [6, 6.07) is 9.81. The van der Waals surface area contributed by atoms with Gasteiger partial charge < -0.3 is 10.2 Å². The van der Waals surface area contributed by atoms with Crippen molar-refractivity contribution in [1.82, 2.24) is 5.32 Å². The Morgan fingerprint density at radius 1 is 1.19 bits per heavy atom. The number of rotatable bonds is 6. The van der Waals surface area contributed by atoms with Gasteiger partial charge in [0.25, 0.3) is 0 Å². The van der Waals surface area contributed by atoms with Gasteiger partial charge in [0.15, 0.2) is 0 Å². The summed E-state index contributed by atoms with van der Waals surface area (Å²) in [5.41, 5.74) is 1.71. The van der Waals surface area contributed by atoms with Crippen LogP contribution in [0.4, 0.5) is 10.1 Å². The summed E-state index contributed by atoms with van der Waals surface area (Å²) in [7, 11) is 1.90. The maximum Gasteiger partial charge on any atom is 0.146 e. The number of nitrogens with zero attached hydrogens (tertiary/aromatic N) is 1. The van der Waals surface area contributed by atoms with E-state index < -0.39 is 0 Å². The molecule has 1 aromatic heterocycles. The van der Waals surface area contributed by atoms with Crippen molar-refractivity contribution < 1.29 is 4.39 Å². The number of hydrogen-bond donors (Lipinski definition) is 1. The van der Waals surface area contributed by atoms with Crippen LogP contribution >= 0.6 is 11.3 Å². The van der Waals surface area contributed by atoms with E-state index in [9.17, 15) is 4.39 Å². The third-order valence-electron chi connectivity index (χ3n) is 3.73. The van der Waals surface area contributed by atoms with Crippen LogP contribution in [0.15, 0.2) is 35.7 Å². The van der Waals surface area contributed by atoms with Crippen LogP contribution < -0.4 is 10.2 Å². The van der Waals surface area contributed by atoms with Gasteiger partial charge in [0.05, 0.1) is 12.2 Å². The average Bonchev–Trinajstić information content (AvgIpc) is 2.97. The fourth-order valence-corrected chi connectivity index (χ4v) is 3.13. The van der Waals surface area contributed by atoms with Gasteiger partial charge in [-0.25, -0.2) is 4.39 Å². The molecule has 1 N–H and O–H groups in total. The first-order chi connectivity index (χ1) is 10.0. The van der Waals surface area contributed by atoms with Gasteiger partial charge in [0, 0.05) is 17.0 Å². The van der Waals surface area contributed by atoms with E-state index in [2.05, 4.69) is 42.4 Å². The lowest BCUT2D eigenvalue weighted by Gasteiger charge is -2.32. The molecular formula is C17H23FN2S. The molecule has 2 rings (SSSR count). The molecular weight excluding hydrogens is 283 g/mol. The van der Waals surface area contributed by atoms with Gasteiger partial charge in [-0.3, -0.25) is 0 Å². The van der Waals surface area contributed by atoms with Crippen LogP contribution in [0.2, 0.25) is 0 Å². The molecule has 114 valence electrons. The van der Waals surface area contributed by atoms with Gasteiger partial charge in [-0.2, -0.15) is 0 Å². The number of nitrogens with one attached hydrogen (secondary N) is 1. The lowest BCUT2D eigenvalue weighted by molar-refractivity contribution is 0.580. The number of hydrogen-bond acceptors (Lipinski definition) is 3. The first-order valence-corrected chi connectivity index (χ1v) is 8.17. The van der Waals surface area contributed by atoms with E-state index in [0.717, 1.165) is 12.1 Å². The summed E-state index contributed by atoms with van der Waals surface area (Å²) in [4.78, 5) is 3.39. The molecule has 1 atom stereocenters. The Hall–Kier alpha value is -1.39. The number of benzene rings is 1. The molecule has 0 saturated carbocycles. The van der Waals surface area contributed by atoms with Gasteiger partial charge in [0.1, 0.15) is 5.82 Å². The van der Waals surface area contributed by atoms with E-state index in [1.54, 1.807) is 23.5 Å². The predicted molar refractivity (Wildman–Crippen MR) is 89.5 cm³/mol. The smallest absolute Gasteiger partial charge is 0.146 e. The molecule has 21 heavy (non-hydrogen) atoms. The highest BCUT2D eigenvalue weighted by molar-refractivity contribution is 7.09. The fourth-order valence-electron chi connectivity index (χ4n) is 2.43. The van der Waals surface area contributed by atoms with Gasteiger partial charge in [-0.15, -0.1) is 11.3 Å². The Balaban J connectivity index is 2.44. The molecule has 0 aliphatic heterocycles. The normalized spacial score (nSPS) is 12.7. The third kappa shape index (κ3) is 3.63. The molecule has 0 aliphatic carbocycles. The van der Waals surface area contributed by atoms with Crippen LogP contribution in [-0.4, -0.2) is 13.1 Å². The topological polar surface area (TPSA) is 15.3 Å². The predicted octanol–water partition coefficient (Wildman–Crippen LogP) is 4.58. The Morgan fingerprint density at radius 2 is 1.95 bits per heavy atom. The molecule has 2 aromatic rings. The summed E-state index contributed by atoms with van der Waals surface area (Å²) in [5.74, 6) is -0.153. The van der Waals surface area contributed by atoms with E-state index in [4.69, 9.17) is 0 Å². The van der Waals surface area contributed by atoms with Gasteiger partial charge in [-0.05, 0) is 50.9 Å². The summed E-state index contributed by atoms with van der Waals surface area (Å²) < 4.78 is 14.5. The first-order valence-electron chi connectivity index (χ1n) is 7.29. The summed E-state index contributed by atoms with van der Waals surface area (Å²) in [6.45, 7) is 7.00. The molecule has 0 saturated heterocycles. The zero-order valence-electron chi connectivity index (χ0n) is 13.1. The number of halogens is 1. The molecule has 0 amide bonds. The highest BCUT2D eigenvalue weighted by atomic mass is 32.1. The van der Waals surface area contributed by atoms with Gasteiger partial charge >= 0.3 is 0 Å². The SMILES string of the molecule is CNC(C)c1cccc(F)c1N(Cc1cccs1)C(C)C. The molecule has 0 bridgehead atoms. The quantitative estimate of drug-likeness (QED) is 0.840. The molecule has 4 heteroatoms. The second-order valence-corrected chi connectivity index (χ2v) is 6.52. The van der Waals surface area contributed by atoms with Crippen molar-refractivity contribution in [3.05, 3.63) is 52.0 Å². The minimum absolute atomic E-state index is 0.111. The molecule has 0 aliphatic rings. The second-order valence-electron chi connectivity index (χ2n) is 5.49. The van der Waals surface area contributed by atoms with Gasteiger partial charge in [0.2, 0.25) is 0 Å². The Morgan fingerprint density at radius 3 is 2.52 bits per heavy atom. The lowest BCUT2D eigenvalue weighted by Crippen LogP contribution is -2.32. The number of thiophene rings is 1. The summed E-state index contributed by atoms with van der Waals surface area (Å²) in [6.07, 6.45) is 0. The molecule has 0 radical (unpaired) electrons. The zero-order chi connectivity index (χ0) is 15.4. The highest BCUT2D eigenvalue weighted by Crippen LogP contribution is 2.32. The van der Waals surface area contributed by atoms with Crippen molar-refractivity contribution >= 4 is 17.0 Å². The Bertz CT molecular complexity index is 566. The molecule has 0 spiro atoms. The molecule has 0 fully saturated rings. The van der Waals surface area contributed by atoms with Crippen LogP contribution in [0, 0.1) is 5.82 Å². The van der Waals surface area contributed by atoms with Crippen molar-refractivity contribution in [1.29, 1.82) is 0 Å². The summed E-state index contributed by atoms with van der Waals surface area (Å²) >= 11 is 1.71. The van der Waals surface area contributed by atoms with E-state index >= 15 is 0 Å². The van der Waals surface area contributed by atoms with Crippen LogP contribution in [0.1, 0.15) is 37.3 Å². The minimum atomic E-state index is -0.153. The average molecular weight is 306 g/mol. The molecule has 2 nitrogen and oxygen atoms in total. The monoisotopic (exact) mass is 306 g/mol. The van der Waals surface area contributed by atoms with Gasteiger partial charge in [-0.1, -0.05) is 18.2 Å². The standard InChI is InChI=1S/C17H23FN2S/c1-12(2)20(11-14-7-6-10-21-14)17-15(13(3)19-4)8-5-9-16(17)18/h5-10,12-13,19H,11H2,1-4H3. The van der Waals surface area contributed by atoms with E-state index in [-0.39, 0.29) is 17.9 Å². The minimum Gasteiger partial charge on any atom is -0.361 e. The van der Waals surface area contributed by atoms with Crippen molar-refractivity contribution in [2.24, 2.45) is 0 Å². The molecule has 1 unspecified atom stereocenters. The third-order valence-corrected chi connectivity index (χ3v) is 4.60. The van der Waals surface area contributed by atoms with E-state index in [1.807, 2.05) is 19.2 Å². The zero-order valence-corrected chi connectivity index (χ0v) is 13.9. The van der Waals surface area contributed by atoms with Crippen LogP contribution in [-0.2, 0) is 6.54 Å². The summed E-state index contributed by atoms with van der Waals surface area (Å²) in [5, 5.41) is 5.27. The number of anilines is 1. The molecule has 1 heterocycles. The van der Waals surface area contributed by atoms with Crippen LogP contribution in [0.25, 0.3) is 0 Å². The van der Waals surface area contributed by atoms with Crippen molar-refractivity contribution in [3.63, 3.8) is 0 Å². The molecule has 1 aromatic carbocycles. The van der Waals surface area contributed by atoms with E-state index in [1.165, 1.54) is 4.88 Å². The first kappa shape index (κ1) is 16.0. The second kappa shape index (κ2) is 7.05.